The summed E-state index contributed by atoms with van der Waals surface area (Å²) >= 11 is 12.4. The first-order valence-electron chi connectivity index (χ1n) is 6.64. The van der Waals surface area contributed by atoms with E-state index in [-0.39, 0.29) is 5.75 Å². The van der Waals surface area contributed by atoms with Crippen LogP contribution in [-0.2, 0) is 4.84 Å². The Hall–Kier alpha value is -1.91. The van der Waals surface area contributed by atoms with Gasteiger partial charge in [-0.05, 0) is 18.2 Å². The van der Waals surface area contributed by atoms with Crippen molar-refractivity contribution in [1.29, 1.82) is 0 Å². The first kappa shape index (κ1) is 15.0. The first-order valence-corrected chi connectivity index (χ1v) is 7.40. The van der Waals surface area contributed by atoms with Crippen LogP contribution >= 0.6 is 23.2 Å². The number of rotatable bonds is 3. The van der Waals surface area contributed by atoms with E-state index >= 15 is 0 Å². The van der Waals surface area contributed by atoms with Gasteiger partial charge in [-0.2, -0.15) is 0 Å². The number of hydrogen-bond donors (Lipinski definition) is 1. The third kappa shape index (κ3) is 2.60. The van der Waals surface area contributed by atoms with Crippen molar-refractivity contribution in [2.75, 3.05) is 7.11 Å². The molecule has 0 saturated carbocycles. The summed E-state index contributed by atoms with van der Waals surface area (Å²) in [5, 5.41) is 15.3. The zero-order chi connectivity index (χ0) is 15.7. The van der Waals surface area contributed by atoms with E-state index in [1.165, 1.54) is 7.11 Å². The van der Waals surface area contributed by atoms with Crippen LogP contribution in [0.5, 0.6) is 11.5 Å². The van der Waals surface area contributed by atoms with Crippen molar-refractivity contribution in [3.05, 3.63) is 57.6 Å². The van der Waals surface area contributed by atoms with E-state index in [0.29, 0.717) is 39.1 Å². The highest BCUT2D eigenvalue weighted by Gasteiger charge is 2.29. The monoisotopic (exact) mass is 337 g/mol. The topological polar surface area (TPSA) is 51.0 Å². The molecule has 6 heteroatoms. The summed E-state index contributed by atoms with van der Waals surface area (Å²) in [7, 11) is 1.50. The van der Waals surface area contributed by atoms with E-state index in [9.17, 15) is 5.11 Å². The maximum atomic E-state index is 10.2. The molecule has 0 aliphatic carbocycles. The Balaban J connectivity index is 1.89. The van der Waals surface area contributed by atoms with Gasteiger partial charge in [-0.3, -0.25) is 0 Å². The van der Waals surface area contributed by atoms with Gasteiger partial charge in [-0.1, -0.05) is 46.6 Å². The predicted molar refractivity (Wildman–Crippen MR) is 86.1 cm³/mol. The molecule has 0 unspecified atom stereocenters. The number of halogens is 2. The average molecular weight is 338 g/mol. The smallest absolute Gasteiger partial charge is 0.164 e. The molecule has 0 saturated heterocycles. The van der Waals surface area contributed by atoms with Crippen molar-refractivity contribution in [2.45, 2.75) is 12.5 Å². The van der Waals surface area contributed by atoms with Gasteiger partial charge in [0.05, 0.1) is 22.9 Å². The normalized spacial score (nSPS) is 17.0. The number of benzene rings is 2. The molecule has 114 valence electrons. The molecule has 0 spiro atoms. The number of phenolic OH excluding ortho intramolecular Hbond substituents is 1. The van der Waals surface area contributed by atoms with Crippen molar-refractivity contribution in [3.63, 3.8) is 0 Å². The summed E-state index contributed by atoms with van der Waals surface area (Å²) in [5.74, 6) is 0.446. The minimum Gasteiger partial charge on any atom is -0.504 e. The molecule has 2 aromatic rings. The van der Waals surface area contributed by atoms with Crippen LogP contribution in [0.4, 0.5) is 0 Å². The fourth-order valence-electron chi connectivity index (χ4n) is 2.43. The van der Waals surface area contributed by atoms with Gasteiger partial charge in [0, 0.05) is 17.5 Å². The minimum absolute atomic E-state index is 0.0525. The van der Waals surface area contributed by atoms with E-state index < -0.39 is 6.10 Å². The Bertz CT molecular complexity index is 726. The van der Waals surface area contributed by atoms with Crippen LogP contribution in [0.2, 0.25) is 10.0 Å². The zero-order valence-corrected chi connectivity index (χ0v) is 13.2. The number of nitrogens with zero attached hydrogens (tertiary/aromatic N) is 1. The fourth-order valence-corrected chi connectivity index (χ4v) is 3.04. The van der Waals surface area contributed by atoms with Crippen LogP contribution in [0.1, 0.15) is 23.7 Å². The molecule has 2 aromatic carbocycles. The Kier molecular flexibility index (Phi) is 4.14. The highest BCUT2D eigenvalue weighted by atomic mass is 35.5. The molecule has 1 N–H and O–H groups in total. The largest absolute Gasteiger partial charge is 0.504 e. The molecule has 1 atom stereocenters. The highest BCUT2D eigenvalue weighted by Crippen LogP contribution is 2.40. The lowest BCUT2D eigenvalue weighted by Crippen LogP contribution is -2.03. The van der Waals surface area contributed by atoms with Crippen molar-refractivity contribution < 1.29 is 14.7 Å². The molecule has 3 rings (SSSR count). The van der Waals surface area contributed by atoms with Gasteiger partial charge in [0.15, 0.2) is 17.6 Å². The molecule has 1 aliphatic heterocycles. The maximum absolute atomic E-state index is 10.2. The Morgan fingerprint density at radius 2 is 1.86 bits per heavy atom. The average Bonchev–Trinajstić information content (AvgIpc) is 2.96. The quantitative estimate of drug-likeness (QED) is 0.892. The number of oxime groups is 1. The third-order valence-electron chi connectivity index (χ3n) is 3.52. The summed E-state index contributed by atoms with van der Waals surface area (Å²) < 4.78 is 5.11. The van der Waals surface area contributed by atoms with Gasteiger partial charge >= 0.3 is 0 Å². The number of phenols is 1. The summed E-state index contributed by atoms with van der Waals surface area (Å²) in [5.41, 5.74) is 1.93. The maximum Gasteiger partial charge on any atom is 0.164 e. The molecule has 1 aliphatic rings. The van der Waals surface area contributed by atoms with Gasteiger partial charge in [0.1, 0.15) is 0 Å². The Morgan fingerprint density at radius 3 is 2.55 bits per heavy atom. The standard InChI is InChI=1S/C16H13Cl2NO3/c1-21-13-7-2-4-9(16(13)20)14-8-12(19-22-14)15-10(17)5-3-6-11(15)18/h2-7,14,20H,8H2,1H3/t14-/m0/s1. The molecule has 1 heterocycles. The van der Waals surface area contributed by atoms with Gasteiger partial charge < -0.3 is 14.7 Å². The van der Waals surface area contributed by atoms with Crippen LogP contribution < -0.4 is 4.74 Å². The summed E-state index contributed by atoms with van der Waals surface area (Å²) in [6.07, 6.45) is 0.0573. The van der Waals surface area contributed by atoms with Gasteiger partial charge in [-0.15, -0.1) is 0 Å². The lowest BCUT2D eigenvalue weighted by molar-refractivity contribution is 0.0835. The third-order valence-corrected chi connectivity index (χ3v) is 4.15. The SMILES string of the molecule is COc1cccc([C@@H]2CC(c3c(Cl)cccc3Cl)=NO2)c1O. The van der Waals surface area contributed by atoms with Crippen LogP contribution in [0.15, 0.2) is 41.6 Å². The van der Waals surface area contributed by atoms with E-state index in [1.54, 1.807) is 36.4 Å². The molecule has 4 nitrogen and oxygen atoms in total. The Labute approximate surface area is 137 Å². The van der Waals surface area contributed by atoms with Crippen molar-refractivity contribution in [3.8, 4) is 11.5 Å². The molecule has 0 fully saturated rings. The van der Waals surface area contributed by atoms with Crippen LogP contribution in [0.3, 0.4) is 0 Å². The van der Waals surface area contributed by atoms with Crippen molar-refractivity contribution in [2.24, 2.45) is 5.16 Å². The number of para-hydroxylation sites is 1. The second-order valence-corrected chi connectivity index (χ2v) is 5.65. The number of ether oxygens (including phenoxy) is 1. The molecule has 0 radical (unpaired) electrons. The second kappa shape index (κ2) is 6.07. The van der Waals surface area contributed by atoms with Crippen LogP contribution in [0.25, 0.3) is 0 Å². The van der Waals surface area contributed by atoms with Gasteiger partial charge in [0.25, 0.3) is 0 Å². The molecule has 22 heavy (non-hydrogen) atoms. The molecule has 0 bridgehead atoms. The van der Waals surface area contributed by atoms with Gasteiger partial charge in [-0.25, -0.2) is 0 Å². The second-order valence-electron chi connectivity index (χ2n) is 4.83. The number of methoxy groups -OCH3 is 1. The minimum atomic E-state index is -0.405. The predicted octanol–water partition coefficient (Wildman–Crippen LogP) is 4.57. The zero-order valence-electron chi connectivity index (χ0n) is 11.7. The van der Waals surface area contributed by atoms with E-state index in [1.807, 2.05) is 0 Å². The summed E-state index contributed by atoms with van der Waals surface area (Å²) in [6, 6.07) is 10.5. The lowest BCUT2D eigenvalue weighted by atomic mass is 9.99. The lowest BCUT2D eigenvalue weighted by Gasteiger charge is -2.13. The van der Waals surface area contributed by atoms with Crippen LogP contribution in [0, 0.1) is 0 Å². The van der Waals surface area contributed by atoms with Crippen LogP contribution in [-0.4, -0.2) is 17.9 Å². The first-order chi connectivity index (χ1) is 10.6. The van der Waals surface area contributed by atoms with E-state index in [0.717, 1.165) is 0 Å². The number of hydrogen-bond acceptors (Lipinski definition) is 4. The van der Waals surface area contributed by atoms with E-state index in [2.05, 4.69) is 5.16 Å². The molecular weight excluding hydrogens is 325 g/mol. The highest BCUT2D eigenvalue weighted by molar-refractivity contribution is 6.40. The summed E-state index contributed by atoms with van der Waals surface area (Å²) in [4.78, 5) is 5.45. The van der Waals surface area contributed by atoms with Crippen molar-refractivity contribution >= 4 is 28.9 Å². The molecule has 0 amide bonds. The Morgan fingerprint density at radius 1 is 1.18 bits per heavy atom. The molecule has 0 aromatic heterocycles. The fraction of sp³-hybridized carbons (Fsp3) is 0.188. The van der Waals surface area contributed by atoms with Gasteiger partial charge in [0.2, 0.25) is 0 Å². The number of aromatic hydroxyl groups is 1. The summed E-state index contributed by atoms with van der Waals surface area (Å²) in [6.45, 7) is 0. The van der Waals surface area contributed by atoms with Crippen molar-refractivity contribution in [1.82, 2.24) is 0 Å². The molecular formula is C16H13Cl2NO3. The van der Waals surface area contributed by atoms with E-state index in [4.69, 9.17) is 32.8 Å².